The third-order valence-electron chi connectivity index (χ3n) is 4.19. The average molecular weight is 299 g/mol. The maximum Gasteiger partial charge on any atom is 0.416 e. The van der Waals surface area contributed by atoms with E-state index < -0.39 is 17.2 Å². The van der Waals surface area contributed by atoms with E-state index in [0.717, 1.165) is 12.5 Å². The zero-order valence-electron chi connectivity index (χ0n) is 12.4. The van der Waals surface area contributed by atoms with E-state index in [0.29, 0.717) is 11.5 Å². The highest BCUT2D eigenvalue weighted by atomic mass is 19.4. The number of alkyl halides is 3. The van der Waals surface area contributed by atoms with Crippen molar-refractivity contribution in [2.75, 3.05) is 0 Å². The number of rotatable bonds is 3. The SMILES string of the molecule is CC(C)CC1NC(=O)CC1(C)c1cccc(C(F)(F)F)c1. The van der Waals surface area contributed by atoms with Crippen molar-refractivity contribution in [3.8, 4) is 0 Å². The molecule has 1 aliphatic heterocycles. The van der Waals surface area contributed by atoms with Crippen LogP contribution in [-0.2, 0) is 16.4 Å². The average Bonchev–Trinajstić information content (AvgIpc) is 2.64. The van der Waals surface area contributed by atoms with Gasteiger partial charge in [-0.3, -0.25) is 4.79 Å². The van der Waals surface area contributed by atoms with Gasteiger partial charge in [0.1, 0.15) is 0 Å². The number of carbonyl (C=O) groups excluding carboxylic acids is 1. The lowest BCUT2D eigenvalue weighted by atomic mass is 9.73. The molecule has 0 radical (unpaired) electrons. The smallest absolute Gasteiger partial charge is 0.352 e. The van der Waals surface area contributed by atoms with Crippen molar-refractivity contribution >= 4 is 5.91 Å². The second-order valence-electron chi connectivity index (χ2n) is 6.42. The monoisotopic (exact) mass is 299 g/mol. The van der Waals surface area contributed by atoms with Gasteiger partial charge in [-0.2, -0.15) is 13.2 Å². The second-order valence-corrected chi connectivity index (χ2v) is 6.42. The van der Waals surface area contributed by atoms with Gasteiger partial charge < -0.3 is 5.32 Å². The summed E-state index contributed by atoms with van der Waals surface area (Å²) in [6, 6.07) is 5.21. The molecule has 2 unspecified atom stereocenters. The molecule has 1 aromatic carbocycles. The molecule has 0 aromatic heterocycles. The molecular weight excluding hydrogens is 279 g/mol. The van der Waals surface area contributed by atoms with Crippen molar-refractivity contribution in [1.29, 1.82) is 0 Å². The van der Waals surface area contributed by atoms with Crippen LogP contribution in [-0.4, -0.2) is 11.9 Å². The molecule has 1 amide bonds. The molecule has 2 atom stereocenters. The lowest BCUT2D eigenvalue weighted by Gasteiger charge is -2.32. The number of benzene rings is 1. The van der Waals surface area contributed by atoms with Crippen LogP contribution in [0.1, 0.15) is 44.7 Å². The van der Waals surface area contributed by atoms with E-state index in [1.54, 1.807) is 6.07 Å². The first-order valence-electron chi connectivity index (χ1n) is 7.10. The number of amides is 1. The summed E-state index contributed by atoms with van der Waals surface area (Å²) in [5, 5.41) is 2.91. The van der Waals surface area contributed by atoms with Gasteiger partial charge in [0.15, 0.2) is 0 Å². The van der Waals surface area contributed by atoms with Gasteiger partial charge in [-0.05, 0) is 24.0 Å². The summed E-state index contributed by atoms with van der Waals surface area (Å²) >= 11 is 0. The third-order valence-corrected chi connectivity index (χ3v) is 4.19. The highest BCUT2D eigenvalue weighted by molar-refractivity contribution is 5.81. The largest absolute Gasteiger partial charge is 0.416 e. The normalized spacial score (nSPS) is 26.2. The highest BCUT2D eigenvalue weighted by Crippen LogP contribution is 2.40. The molecule has 0 saturated carbocycles. The summed E-state index contributed by atoms with van der Waals surface area (Å²) in [5.41, 5.74) is -0.687. The Morgan fingerprint density at radius 3 is 2.62 bits per heavy atom. The summed E-state index contributed by atoms with van der Waals surface area (Å²) in [6.45, 7) is 5.95. The van der Waals surface area contributed by atoms with Crippen LogP contribution in [0.25, 0.3) is 0 Å². The van der Waals surface area contributed by atoms with Gasteiger partial charge in [-0.1, -0.05) is 39.0 Å². The summed E-state index contributed by atoms with van der Waals surface area (Å²) in [4.78, 5) is 11.8. The van der Waals surface area contributed by atoms with Crippen LogP contribution in [0.4, 0.5) is 13.2 Å². The summed E-state index contributed by atoms with van der Waals surface area (Å²) in [5.74, 6) is 0.263. The molecule has 0 bridgehead atoms. The molecule has 0 aliphatic carbocycles. The Bertz CT molecular complexity index is 539. The van der Waals surface area contributed by atoms with Crippen molar-refractivity contribution in [3.63, 3.8) is 0 Å². The molecule has 2 nitrogen and oxygen atoms in total. The van der Waals surface area contributed by atoms with Gasteiger partial charge in [-0.25, -0.2) is 0 Å². The van der Waals surface area contributed by atoms with E-state index in [1.807, 2.05) is 20.8 Å². The Labute approximate surface area is 122 Å². The first-order valence-corrected chi connectivity index (χ1v) is 7.10. The molecule has 1 heterocycles. The minimum Gasteiger partial charge on any atom is -0.352 e. The fourth-order valence-corrected chi connectivity index (χ4v) is 3.01. The predicted octanol–water partition coefficient (Wildman–Crippen LogP) is 3.90. The third kappa shape index (κ3) is 3.22. The Morgan fingerprint density at radius 1 is 1.38 bits per heavy atom. The van der Waals surface area contributed by atoms with Gasteiger partial charge in [-0.15, -0.1) is 0 Å². The van der Waals surface area contributed by atoms with Crippen LogP contribution in [0, 0.1) is 5.92 Å². The molecule has 21 heavy (non-hydrogen) atoms. The maximum atomic E-state index is 12.9. The first kappa shape index (κ1) is 15.9. The molecule has 1 fully saturated rings. The Morgan fingerprint density at radius 2 is 2.05 bits per heavy atom. The fraction of sp³-hybridized carbons (Fsp3) is 0.562. The van der Waals surface area contributed by atoms with Crippen LogP contribution in [0.3, 0.4) is 0 Å². The number of halogens is 3. The van der Waals surface area contributed by atoms with E-state index in [2.05, 4.69) is 5.32 Å². The number of hydrogen-bond donors (Lipinski definition) is 1. The van der Waals surface area contributed by atoms with Crippen molar-refractivity contribution in [1.82, 2.24) is 5.32 Å². The molecule has 1 aliphatic rings. The van der Waals surface area contributed by atoms with E-state index in [9.17, 15) is 18.0 Å². The van der Waals surface area contributed by atoms with E-state index in [4.69, 9.17) is 0 Å². The van der Waals surface area contributed by atoms with Gasteiger partial charge in [0.05, 0.1) is 5.56 Å². The van der Waals surface area contributed by atoms with E-state index in [-0.39, 0.29) is 18.4 Å². The standard InChI is InChI=1S/C16H20F3NO/c1-10(2)7-13-15(3,9-14(21)20-13)11-5-4-6-12(8-11)16(17,18)19/h4-6,8,10,13H,7,9H2,1-3H3,(H,20,21). The van der Waals surface area contributed by atoms with Crippen LogP contribution in [0.15, 0.2) is 24.3 Å². The minimum absolute atomic E-state index is 0.0967. The number of hydrogen-bond acceptors (Lipinski definition) is 1. The zero-order chi connectivity index (χ0) is 15.8. The minimum atomic E-state index is -4.37. The Hall–Kier alpha value is -1.52. The summed E-state index contributed by atoms with van der Waals surface area (Å²) < 4.78 is 38.6. The predicted molar refractivity (Wildman–Crippen MR) is 74.8 cm³/mol. The molecule has 5 heteroatoms. The molecule has 1 aromatic rings. The van der Waals surface area contributed by atoms with Crippen LogP contribution >= 0.6 is 0 Å². The van der Waals surface area contributed by atoms with Gasteiger partial charge in [0.25, 0.3) is 0 Å². The Balaban J connectivity index is 2.40. The molecule has 2 rings (SSSR count). The fourth-order valence-electron chi connectivity index (χ4n) is 3.01. The van der Waals surface area contributed by atoms with Crippen LogP contribution < -0.4 is 5.32 Å². The molecule has 0 spiro atoms. The summed E-state index contributed by atoms with van der Waals surface area (Å²) in [7, 11) is 0. The molecule has 1 saturated heterocycles. The van der Waals surface area contributed by atoms with Crippen molar-refractivity contribution in [2.45, 2.75) is 51.2 Å². The van der Waals surface area contributed by atoms with Gasteiger partial charge in [0.2, 0.25) is 5.91 Å². The topological polar surface area (TPSA) is 29.1 Å². The first-order chi connectivity index (χ1) is 9.63. The quantitative estimate of drug-likeness (QED) is 0.901. The lowest BCUT2D eigenvalue weighted by Crippen LogP contribution is -2.39. The van der Waals surface area contributed by atoms with E-state index >= 15 is 0 Å². The second kappa shape index (κ2) is 5.35. The van der Waals surface area contributed by atoms with Gasteiger partial charge >= 0.3 is 6.18 Å². The number of carbonyl (C=O) groups is 1. The van der Waals surface area contributed by atoms with Crippen molar-refractivity contribution in [3.05, 3.63) is 35.4 Å². The molecular formula is C16H20F3NO. The maximum absolute atomic E-state index is 12.9. The molecule has 1 N–H and O–H groups in total. The summed E-state index contributed by atoms with van der Waals surface area (Å²) in [6.07, 6.45) is -3.39. The lowest BCUT2D eigenvalue weighted by molar-refractivity contribution is -0.137. The van der Waals surface area contributed by atoms with Gasteiger partial charge in [0, 0.05) is 17.9 Å². The Kier molecular flexibility index (Phi) is 4.04. The molecule has 116 valence electrons. The van der Waals surface area contributed by atoms with Crippen LogP contribution in [0.5, 0.6) is 0 Å². The highest BCUT2D eigenvalue weighted by Gasteiger charge is 2.45. The van der Waals surface area contributed by atoms with Crippen molar-refractivity contribution in [2.24, 2.45) is 5.92 Å². The van der Waals surface area contributed by atoms with Crippen molar-refractivity contribution < 1.29 is 18.0 Å². The van der Waals surface area contributed by atoms with Crippen LogP contribution in [0.2, 0.25) is 0 Å². The number of nitrogens with one attached hydrogen (secondary N) is 1. The zero-order valence-corrected chi connectivity index (χ0v) is 12.4. The van der Waals surface area contributed by atoms with E-state index in [1.165, 1.54) is 12.1 Å².